The van der Waals surface area contributed by atoms with Crippen molar-refractivity contribution in [2.75, 3.05) is 16.5 Å². The molecule has 0 fully saturated rings. The van der Waals surface area contributed by atoms with Crippen molar-refractivity contribution in [2.45, 2.75) is 6.92 Å². The number of amides is 1. The van der Waals surface area contributed by atoms with Gasteiger partial charge in [0, 0.05) is 11.8 Å². The number of hydrogen-bond acceptors (Lipinski definition) is 7. The average Bonchev–Trinajstić information content (AvgIpc) is 2.64. The molecule has 0 bridgehead atoms. The largest absolute Gasteiger partial charge is 0.393 e. The molecule has 0 spiro atoms. The summed E-state index contributed by atoms with van der Waals surface area (Å²) >= 11 is 5.81. The summed E-state index contributed by atoms with van der Waals surface area (Å²) in [6.07, 6.45) is 2.82. The molecule has 0 atom stereocenters. The zero-order valence-corrected chi connectivity index (χ0v) is 14.6. The Labute approximate surface area is 154 Å². The lowest BCUT2D eigenvalue weighted by molar-refractivity contribution is 0.0962. The van der Waals surface area contributed by atoms with Gasteiger partial charge in [0.2, 0.25) is 0 Å². The molecule has 3 rings (SSSR count). The van der Waals surface area contributed by atoms with Gasteiger partial charge < -0.3 is 11.1 Å². The number of hydrazine groups is 1. The fourth-order valence-electron chi connectivity index (χ4n) is 2.18. The number of anilines is 4. The lowest BCUT2D eigenvalue weighted by Gasteiger charge is -2.13. The van der Waals surface area contributed by atoms with Crippen molar-refractivity contribution >= 4 is 40.6 Å². The highest BCUT2D eigenvalue weighted by Gasteiger charge is 2.12. The van der Waals surface area contributed by atoms with Gasteiger partial charge in [-0.15, -0.1) is 0 Å². The van der Waals surface area contributed by atoms with Gasteiger partial charge in [-0.05, 0) is 30.7 Å². The van der Waals surface area contributed by atoms with Crippen LogP contribution in [0.1, 0.15) is 15.9 Å². The molecule has 1 amide bonds. The third-order valence-electron chi connectivity index (χ3n) is 3.54. The highest BCUT2D eigenvalue weighted by molar-refractivity contribution is 6.30. The van der Waals surface area contributed by atoms with Gasteiger partial charge in [0.05, 0.1) is 5.02 Å². The first-order valence-electron chi connectivity index (χ1n) is 7.65. The van der Waals surface area contributed by atoms with Gasteiger partial charge in [-0.1, -0.05) is 29.8 Å². The Balaban J connectivity index is 1.72. The summed E-state index contributed by atoms with van der Waals surface area (Å²) in [6.45, 7) is 1.86. The van der Waals surface area contributed by atoms with Crippen LogP contribution in [-0.4, -0.2) is 20.9 Å². The van der Waals surface area contributed by atoms with Gasteiger partial charge in [-0.3, -0.25) is 15.6 Å². The Morgan fingerprint density at radius 2 is 1.85 bits per heavy atom. The van der Waals surface area contributed by atoms with E-state index in [-0.39, 0.29) is 17.4 Å². The van der Waals surface area contributed by atoms with Crippen molar-refractivity contribution in [3.8, 4) is 0 Å². The third kappa shape index (κ3) is 3.98. The molecular weight excluding hydrogens is 354 g/mol. The summed E-state index contributed by atoms with van der Waals surface area (Å²) in [7, 11) is 0. The van der Waals surface area contributed by atoms with Crippen molar-refractivity contribution in [3.63, 3.8) is 0 Å². The lowest BCUT2D eigenvalue weighted by Crippen LogP contribution is -2.30. The first-order valence-corrected chi connectivity index (χ1v) is 8.03. The molecule has 26 heavy (non-hydrogen) atoms. The standard InChI is InChI=1S/C17H16ClN7O/c1-10-4-2-3-5-12(10)17(26)25-24-16-14(19)15(21-9-22-16)23-13-7-6-11(18)8-20-13/h2-9H,19H2,1H3,(H,25,26)(H2,20,21,22,23,24). The number of rotatable bonds is 5. The van der Waals surface area contributed by atoms with Crippen molar-refractivity contribution in [2.24, 2.45) is 0 Å². The van der Waals surface area contributed by atoms with E-state index in [9.17, 15) is 4.79 Å². The molecule has 0 aliphatic heterocycles. The molecule has 0 saturated heterocycles. The van der Waals surface area contributed by atoms with Crippen molar-refractivity contribution in [1.82, 2.24) is 20.4 Å². The van der Waals surface area contributed by atoms with E-state index >= 15 is 0 Å². The third-order valence-corrected chi connectivity index (χ3v) is 3.77. The number of halogens is 1. The van der Waals surface area contributed by atoms with E-state index < -0.39 is 0 Å². The summed E-state index contributed by atoms with van der Waals surface area (Å²) in [4.78, 5) is 24.5. The predicted molar refractivity (Wildman–Crippen MR) is 101 cm³/mol. The quantitative estimate of drug-likeness (QED) is 0.510. The minimum absolute atomic E-state index is 0.231. The summed E-state index contributed by atoms with van der Waals surface area (Å²) in [5.41, 5.74) is 13.0. The van der Waals surface area contributed by atoms with E-state index in [1.165, 1.54) is 12.5 Å². The molecule has 0 unspecified atom stereocenters. The summed E-state index contributed by atoms with van der Waals surface area (Å²) in [5, 5.41) is 3.49. The molecule has 132 valence electrons. The Hall–Kier alpha value is -3.39. The van der Waals surface area contributed by atoms with Crippen LogP contribution in [0.5, 0.6) is 0 Å². The second-order valence-corrected chi connectivity index (χ2v) is 5.80. The number of nitrogens with zero attached hydrogens (tertiary/aromatic N) is 3. The number of nitrogen functional groups attached to an aromatic ring is 1. The van der Waals surface area contributed by atoms with E-state index in [1.807, 2.05) is 19.1 Å². The van der Waals surface area contributed by atoms with Gasteiger partial charge in [0.15, 0.2) is 11.6 Å². The minimum Gasteiger partial charge on any atom is -0.393 e. The summed E-state index contributed by atoms with van der Waals surface area (Å²) in [6, 6.07) is 10.6. The highest BCUT2D eigenvalue weighted by atomic mass is 35.5. The van der Waals surface area contributed by atoms with Crippen LogP contribution in [-0.2, 0) is 0 Å². The van der Waals surface area contributed by atoms with E-state index in [4.69, 9.17) is 17.3 Å². The highest BCUT2D eigenvalue weighted by Crippen LogP contribution is 2.24. The molecule has 0 aliphatic carbocycles. The minimum atomic E-state index is -0.296. The molecule has 0 aliphatic rings. The first-order chi connectivity index (χ1) is 12.5. The number of carbonyl (C=O) groups is 1. The van der Waals surface area contributed by atoms with Crippen molar-refractivity contribution < 1.29 is 4.79 Å². The number of carbonyl (C=O) groups excluding carboxylic acids is 1. The molecule has 8 nitrogen and oxygen atoms in total. The first kappa shape index (κ1) is 17.4. The topological polar surface area (TPSA) is 118 Å². The number of benzene rings is 1. The Morgan fingerprint density at radius 3 is 2.58 bits per heavy atom. The second-order valence-electron chi connectivity index (χ2n) is 5.37. The van der Waals surface area contributed by atoms with E-state index in [1.54, 1.807) is 24.3 Å². The van der Waals surface area contributed by atoms with Crippen LogP contribution in [0.25, 0.3) is 0 Å². The number of aromatic nitrogens is 3. The SMILES string of the molecule is Cc1ccccc1C(=O)NNc1ncnc(Nc2ccc(Cl)cn2)c1N. The molecule has 2 heterocycles. The van der Waals surface area contributed by atoms with Gasteiger partial charge in [-0.2, -0.15) is 0 Å². The molecule has 0 radical (unpaired) electrons. The predicted octanol–water partition coefficient (Wildman–Crippen LogP) is 2.92. The normalized spacial score (nSPS) is 10.2. The monoisotopic (exact) mass is 369 g/mol. The van der Waals surface area contributed by atoms with Gasteiger partial charge >= 0.3 is 0 Å². The Morgan fingerprint density at radius 1 is 1.08 bits per heavy atom. The molecule has 3 aromatic rings. The number of pyridine rings is 1. The zero-order valence-electron chi connectivity index (χ0n) is 13.8. The van der Waals surface area contributed by atoms with Crippen LogP contribution in [0.4, 0.5) is 23.1 Å². The molecule has 0 saturated carbocycles. The van der Waals surface area contributed by atoms with Crippen LogP contribution in [0, 0.1) is 6.92 Å². The maximum Gasteiger partial charge on any atom is 0.269 e. The van der Waals surface area contributed by atoms with Crippen molar-refractivity contribution in [1.29, 1.82) is 0 Å². The second kappa shape index (κ2) is 7.66. The van der Waals surface area contributed by atoms with Crippen LogP contribution in [0.15, 0.2) is 48.9 Å². The Bertz CT molecular complexity index is 931. The Kier molecular flexibility index (Phi) is 5.14. The zero-order chi connectivity index (χ0) is 18.5. The number of nitrogens with two attached hydrogens (primary N) is 1. The summed E-state index contributed by atoms with van der Waals surface area (Å²) in [5.74, 6) is 0.838. The molecule has 1 aromatic carbocycles. The number of aryl methyl sites for hydroxylation is 1. The van der Waals surface area contributed by atoms with E-state index in [0.717, 1.165) is 5.56 Å². The fraction of sp³-hybridized carbons (Fsp3) is 0.0588. The van der Waals surface area contributed by atoms with Crippen LogP contribution >= 0.6 is 11.6 Å². The molecular formula is C17H16ClN7O. The van der Waals surface area contributed by atoms with Crippen LogP contribution in [0.3, 0.4) is 0 Å². The maximum atomic E-state index is 12.3. The lowest BCUT2D eigenvalue weighted by atomic mass is 10.1. The van der Waals surface area contributed by atoms with Gasteiger partial charge in [-0.25, -0.2) is 15.0 Å². The summed E-state index contributed by atoms with van der Waals surface area (Å²) < 4.78 is 0. The van der Waals surface area contributed by atoms with Crippen molar-refractivity contribution in [3.05, 3.63) is 65.1 Å². The average molecular weight is 370 g/mol. The fourth-order valence-corrected chi connectivity index (χ4v) is 2.29. The van der Waals surface area contributed by atoms with Gasteiger partial charge in [0.25, 0.3) is 5.91 Å². The number of nitrogens with one attached hydrogen (secondary N) is 3. The molecule has 2 aromatic heterocycles. The van der Waals surface area contributed by atoms with Crippen LogP contribution < -0.4 is 21.9 Å². The van der Waals surface area contributed by atoms with Crippen LogP contribution in [0.2, 0.25) is 5.02 Å². The molecule has 5 N–H and O–H groups in total. The van der Waals surface area contributed by atoms with E-state index in [2.05, 4.69) is 31.1 Å². The smallest absolute Gasteiger partial charge is 0.269 e. The molecule has 9 heteroatoms. The number of hydrogen-bond donors (Lipinski definition) is 4. The van der Waals surface area contributed by atoms with Gasteiger partial charge in [0.1, 0.15) is 17.8 Å². The van der Waals surface area contributed by atoms with E-state index in [0.29, 0.717) is 22.2 Å². The maximum absolute atomic E-state index is 12.3.